The predicted octanol–water partition coefficient (Wildman–Crippen LogP) is 1.91. The highest BCUT2D eigenvalue weighted by Gasteiger charge is 2.16. The fourth-order valence-electron chi connectivity index (χ4n) is 1.50. The van der Waals surface area contributed by atoms with Crippen molar-refractivity contribution in [2.45, 2.75) is 39.7 Å². The molecule has 0 amide bonds. The van der Waals surface area contributed by atoms with Crippen LogP contribution >= 0.6 is 0 Å². The van der Waals surface area contributed by atoms with Gasteiger partial charge in [0.25, 0.3) is 0 Å². The number of likely N-dealkylation sites (tertiary alicyclic amines) is 1. The van der Waals surface area contributed by atoms with E-state index in [-0.39, 0.29) is 0 Å². The molecule has 1 saturated heterocycles. The van der Waals surface area contributed by atoms with Gasteiger partial charge in [0.05, 0.1) is 5.84 Å². The molecule has 1 heterocycles. The van der Waals surface area contributed by atoms with E-state index in [0.717, 1.165) is 6.54 Å². The van der Waals surface area contributed by atoms with Gasteiger partial charge in [-0.25, -0.2) is 0 Å². The van der Waals surface area contributed by atoms with Crippen LogP contribution in [-0.4, -0.2) is 29.9 Å². The zero-order valence-corrected chi connectivity index (χ0v) is 7.80. The molecule has 0 aliphatic carbocycles. The zero-order chi connectivity index (χ0) is 8.27. The summed E-state index contributed by atoms with van der Waals surface area (Å²) in [4.78, 5) is 6.95. The third-order valence-electron chi connectivity index (χ3n) is 1.98. The standard InChI is InChI=1S/C9H18N2/c1-4-11-7-5-6-9(11)10-8(2)3/h8H,4-7H2,1-3H3. The summed E-state index contributed by atoms with van der Waals surface area (Å²) in [7, 11) is 0. The van der Waals surface area contributed by atoms with Crippen molar-refractivity contribution < 1.29 is 0 Å². The molecule has 0 N–H and O–H groups in total. The largest absolute Gasteiger partial charge is 0.361 e. The summed E-state index contributed by atoms with van der Waals surface area (Å²) >= 11 is 0. The number of rotatable bonds is 2. The van der Waals surface area contributed by atoms with E-state index in [2.05, 4.69) is 30.7 Å². The van der Waals surface area contributed by atoms with Crippen molar-refractivity contribution in [2.75, 3.05) is 13.1 Å². The number of aliphatic imine (C=N–C) groups is 1. The number of nitrogens with zero attached hydrogens (tertiary/aromatic N) is 2. The predicted molar refractivity (Wildman–Crippen MR) is 49.1 cm³/mol. The third-order valence-corrected chi connectivity index (χ3v) is 1.98. The van der Waals surface area contributed by atoms with E-state index >= 15 is 0 Å². The van der Waals surface area contributed by atoms with Crippen LogP contribution in [0.2, 0.25) is 0 Å². The van der Waals surface area contributed by atoms with Gasteiger partial charge in [0.15, 0.2) is 0 Å². The van der Waals surface area contributed by atoms with Crippen molar-refractivity contribution in [1.29, 1.82) is 0 Å². The second-order valence-electron chi connectivity index (χ2n) is 3.32. The fraction of sp³-hybridized carbons (Fsp3) is 0.889. The maximum Gasteiger partial charge on any atom is 0.0992 e. The fourth-order valence-corrected chi connectivity index (χ4v) is 1.50. The molecule has 0 aromatic rings. The Morgan fingerprint density at radius 3 is 2.82 bits per heavy atom. The lowest BCUT2D eigenvalue weighted by molar-refractivity contribution is 0.475. The van der Waals surface area contributed by atoms with E-state index < -0.39 is 0 Å². The van der Waals surface area contributed by atoms with Crippen molar-refractivity contribution in [3.63, 3.8) is 0 Å². The summed E-state index contributed by atoms with van der Waals surface area (Å²) in [6.07, 6.45) is 2.48. The van der Waals surface area contributed by atoms with Gasteiger partial charge in [-0.3, -0.25) is 4.99 Å². The highest BCUT2D eigenvalue weighted by molar-refractivity contribution is 5.84. The highest BCUT2D eigenvalue weighted by Crippen LogP contribution is 2.11. The van der Waals surface area contributed by atoms with E-state index in [1.807, 2.05) is 0 Å². The number of hydrogen-bond donors (Lipinski definition) is 0. The third kappa shape index (κ3) is 2.21. The maximum absolute atomic E-state index is 4.57. The van der Waals surface area contributed by atoms with Crippen molar-refractivity contribution in [1.82, 2.24) is 4.90 Å². The molecule has 0 atom stereocenters. The molecule has 0 aromatic carbocycles. The van der Waals surface area contributed by atoms with Gasteiger partial charge in [0.1, 0.15) is 0 Å². The van der Waals surface area contributed by atoms with Gasteiger partial charge in [-0.15, -0.1) is 0 Å². The van der Waals surface area contributed by atoms with Gasteiger partial charge in [-0.2, -0.15) is 0 Å². The van der Waals surface area contributed by atoms with Crippen LogP contribution in [0.4, 0.5) is 0 Å². The molecule has 1 fully saturated rings. The Morgan fingerprint density at radius 2 is 2.27 bits per heavy atom. The van der Waals surface area contributed by atoms with Crippen LogP contribution in [0.15, 0.2) is 4.99 Å². The van der Waals surface area contributed by atoms with E-state index in [0.29, 0.717) is 6.04 Å². The van der Waals surface area contributed by atoms with Crippen LogP contribution in [-0.2, 0) is 0 Å². The van der Waals surface area contributed by atoms with Crippen LogP contribution in [0.25, 0.3) is 0 Å². The molecule has 0 aromatic heterocycles. The van der Waals surface area contributed by atoms with E-state index in [9.17, 15) is 0 Å². The van der Waals surface area contributed by atoms with E-state index in [4.69, 9.17) is 0 Å². The van der Waals surface area contributed by atoms with Gasteiger partial charge >= 0.3 is 0 Å². The molecule has 2 nitrogen and oxygen atoms in total. The summed E-state index contributed by atoms with van der Waals surface area (Å²) < 4.78 is 0. The Balaban J connectivity index is 2.55. The van der Waals surface area contributed by atoms with Gasteiger partial charge in [-0.1, -0.05) is 0 Å². The summed E-state index contributed by atoms with van der Waals surface area (Å²) in [6.45, 7) is 8.80. The molecule has 1 aliphatic rings. The number of amidine groups is 1. The van der Waals surface area contributed by atoms with E-state index in [1.54, 1.807) is 0 Å². The molecule has 0 bridgehead atoms. The first-order valence-electron chi connectivity index (χ1n) is 4.55. The monoisotopic (exact) mass is 154 g/mol. The second-order valence-corrected chi connectivity index (χ2v) is 3.32. The topological polar surface area (TPSA) is 15.6 Å². The van der Waals surface area contributed by atoms with Crippen LogP contribution in [0.5, 0.6) is 0 Å². The van der Waals surface area contributed by atoms with E-state index in [1.165, 1.54) is 25.2 Å². The molecule has 11 heavy (non-hydrogen) atoms. The van der Waals surface area contributed by atoms with Gasteiger partial charge in [-0.05, 0) is 27.2 Å². The molecule has 0 saturated carbocycles. The molecular weight excluding hydrogens is 136 g/mol. The van der Waals surface area contributed by atoms with Crippen molar-refractivity contribution >= 4 is 5.84 Å². The molecule has 0 radical (unpaired) electrons. The molecule has 64 valence electrons. The van der Waals surface area contributed by atoms with Crippen LogP contribution in [0, 0.1) is 0 Å². The maximum atomic E-state index is 4.57. The Hall–Kier alpha value is -0.530. The van der Waals surface area contributed by atoms with Gasteiger partial charge in [0.2, 0.25) is 0 Å². The molecule has 0 unspecified atom stereocenters. The first-order chi connectivity index (χ1) is 5.24. The summed E-state index contributed by atoms with van der Waals surface area (Å²) in [5.74, 6) is 1.32. The molecular formula is C9H18N2. The minimum absolute atomic E-state index is 0.456. The Bertz CT molecular complexity index is 150. The minimum Gasteiger partial charge on any atom is -0.361 e. The minimum atomic E-state index is 0.456. The molecule has 1 aliphatic heterocycles. The Labute approximate surface area is 69.3 Å². The Morgan fingerprint density at radius 1 is 1.55 bits per heavy atom. The summed E-state index contributed by atoms with van der Waals surface area (Å²) in [6, 6.07) is 0.456. The Kier molecular flexibility index (Phi) is 2.92. The van der Waals surface area contributed by atoms with Crippen molar-refractivity contribution in [3.8, 4) is 0 Å². The molecule has 0 spiro atoms. The lowest BCUT2D eigenvalue weighted by atomic mass is 10.3. The van der Waals surface area contributed by atoms with Crippen LogP contribution < -0.4 is 0 Å². The first kappa shape index (κ1) is 8.57. The zero-order valence-electron chi connectivity index (χ0n) is 7.80. The molecule has 2 heteroatoms. The van der Waals surface area contributed by atoms with Crippen molar-refractivity contribution in [3.05, 3.63) is 0 Å². The average Bonchev–Trinajstić information content (AvgIpc) is 2.34. The SMILES string of the molecule is CCN1CCCC1=NC(C)C. The number of hydrogen-bond acceptors (Lipinski definition) is 1. The van der Waals surface area contributed by atoms with Crippen LogP contribution in [0.1, 0.15) is 33.6 Å². The normalized spacial score (nSPS) is 22.2. The van der Waals surface area contributed by atoms with Crippen LogP contribution in [0.3, 0.4) is 0 Å². The van der Waals surface area contributed by atoms with Gasteiger partial charge in [0, 0.05) is 25.6 Å². The second kappa shape index (κ2) is 3.74. The quantitative estimate of drug-likeness (QED) is 0.593. The van der Waals surface area contributed by atoms with Gasteiger partial charge < -0.3 is 4.90 Å². The van der Waals surface area contributed by atoms with Crippen molar-refractivity contribution in [2.24, 2.45) is 4.99 Å². The molecule has 1 rings (SSSR count). The summed E-state index contributed by atoms with van der Waals surface area (Å²) in [5, 5.41) is 0. The summed E-state index contributed by atoms with van der Waals surface area (Å²) in [5.41, 5.74) is 0. The first-order valence-corrected chi connectivity index (χ1v) is 4.55. The lowest BCUT2D eigenvalue weighted by Crippen LogP contribution is -2.25. The smallest absolute Gasteiger partial charge is 0.0992 e. The average molecular weight is 154 g/mol. The highest BCUT2D eigenvalue weighted by atomic mass is 15.2. The lowest BCUT2D eigenvalue weighted by Gasteiger charge is -2.16.